The summed E-state index contributed by atoms with van der Waals surface area (Å²) in [5.41, 5.74) is -0.0952. The van der Waals surface area contributed by atoms with E-state index in [0.717, 1.165) is 43.4 Å². The fraction of sp³-hybridized carbons (Fsp3) is 0.735. The summed E-state index contributed by atoms with van der Waals surface area (Å²) in [6.07, 6.45) is 4.73. The van der Waals surface area contributed by atoms with E-state index in [0.29, 0.717) is 13.0 Å². The van der Waals surface area contributed by atoms with Gasteiger partial charge < -0.3 is 19.2 Å². The minimum absolute atomic E-state index is 0.0122. The monoisotopic (exact) mass is 616 g/mol. The van der Waals surface area contributed by atoms with Crippen molar-refractivity contribution in [1.82, 2.24) is 10.2 Å². The predicted octanol–water partition coefficient (Wildman–Crippen LogP) is 7.21. The standard InChI is InChI=1S/C34H56N2O6Si/c1-23-22-36(31(39)41-32(2,3)4)27(29(37)35-28(30(38)40-9)24-16-13-12-14-17-24)21-34(23,8)25-18-15-19-26(20-25)42-43(10,11)33(5,6)7/h15,18-20,23-24,27-28H,12-14,16-17,21-22H2,1-11H3,(H,35,37)/t23-,27+,28-,34+/m0/s1. The van der Waals surface area contributed by atoms with Crippen molar-refractivity contribution < 1.29 is 28.3 Å². The Morgan fingerprint density at radius 3 is 2.23 bits per heavy atom. The molecule has 1 aliphatic carbocycles. The fourth-order valence-electron chi connectivity index (χ4n) is 6.07. The van der Waals surface area contributed by atoms with Crippen molar-refractivity contribution in [2.75, 3.05) is 13.7 Å². The molecule has 242 valence electrons. The Morgan fingerprint density at radius 1 is 1.05 bits per heavy atom. The highest BCUT2D eigenvalue weighted by molar-refractivity contribution is 6.74. The molecule has 0 radical (unpaired) electrons. The van der Waals surface area contributed by atoms with Crippen molar-refractivity contribution in [3.8, 4) is 5.75 Å². The van der Waals surface area contributed by atoms with Crippen LogP contribution < -0.4 is 9.74 Å². The number of amides is 2. The Kier molecular flexibility index (Phi) is 10.7. The van der Waals surface area contributed by atoms with Gasteiger partial charge in [-0.25, -0.2) is 9.59 Å². The fourth-order valence-corrected chi connectivity index (χ4v) is 7.09. The Labute approximate surface area is 260 Å². The molecule has 1 aromatic rings. The van der Waals surface area contributed by atoms with Gasteiger partial charge in [0, 0.05) is 6.54 Å². The van der Waals surface area contributed by atoms with Crippen LogP contribution in [0.1, 0.15) is 99.5 Å². The molecule has 1 heterocycles. The zero-order valence-electron chi connectivity index (χ0n) is 28.5. The summed E-state index contributed by atoms with van der Waals surface area (Å²) in [6, 6.07) is 6.65. The second-order valence-electron chi connectivity index (χ2n) is 15.5. The number of piperidine rings is 1. The molecule has 8 nitrogen and oxygen atoms in total. The zero-order chi connectivity index (χ0) is 32.4. The lowest BCUT2D eigenvalue weighted by molar-refractivity contribution is -0.148. The van der Waals surface area contributed by atoms with E-state index in [-0.39, 0.29) is 22.8 Å². The molecular weight excluding hydrogens is 560 g/mol. The molecule has 0 unspecified atom stereocenters. The first-order valence-corrected chi connectivity index (χ1v) is 18.9. The number of benzene rings is 1. The van der Waals surface area contributed by atoms with Crippen molar-refractivity contribution >= 4 is 26.3 Å². The second kappa shape index (κ2) is 13.2. The van der Waals surface area contributed by atoms with Gasteiger partial charge in [-0.2, -0.15) is 0 Å². The van der Waals surface area contributed by atoms with E-state index in [1.807, 2.05) is 32.9 Å². The van der Waals surface area contributed by atoms with Crippen molar-refractivity contribution in [3.05, 3.63) is 29.8 Å². The van der Waals surface area contributed by atoms with Gasteiger partial charge in [-0.15, -0.1) is 0 Å². The molecule has 0 bridgehead atoms. The van der Waals surface area contributed by atoms with Gasteiger partial charge in [0.05, 0.1) is 7.11 Å². The van der Waals surface area contributed by atoms with Crippen molar-refractivity contribution in [2.45, 2.75) is 135 Å². The zero-order valence-corrected chi connectivity index (χ0v) is 29.5. The maximum Gasteiger partial charge on any atom is 0.410 e. The highest BCUT2D eigenvalue weighted by Gasteiger charge is 2.49. The quantitative estimate of drug-likeness (QED) is 0.257. The van der Waals surface area contributed by atoms with E-state index in [9.17, 15) is 14.4 Å². The second-order valence-corrected chi connectivity index (χ2v) is 20.2. The maximum atomic E-state index is 14.2. The van der Waals surface area contributed by atoms with Gasteiger partial charge in [0.15, 0.2) is 0 Å². The summed E-state index contributed by atoms with van der Waals surface area (Å²) in [5.74, 6) is 0.0707. The summed E-state index contributed by atoms with van der Waals surface area (Å²) < 4.78 is 17.6. The third-order valence-corrected chi connectivity index (χ3v) is 14.4. The third kappa shape index (κ3) is 8.34. The van der Waals surface area contributed by atoms with Crippen LogP contribution >= 0.6 is 0 Å². The number of likely N-dealkylation sites (tertiary alicyclic amines) is 1. The summed E-state index contributed by atoms with van der Waals surface area (Å²) in [7, 11) is -0.710. The molecule has 1 N–H and O–H groups in total. The summed E-state index contributed by atoms with van der Waals surface area (Å²) in [5, 5.41) is 3.09. The Hall–Kier alpha value is -2.55. The SMILES string of the molecule is COC(=O)[C@@H](NC(=O)[C@H]1C[C@@](C)(c2cccc(O[Si](C)(C)C(C)(C)C)c2)[C@@H](C)CN1C(=O)OC(C)(C)C)C1CCCCC1. The molecule has 1 saturated carbocycles. The van der Waals surface area contributed by atoms with E-state index in [4.69, 9.17) is 13.9 Å². The largest absolute Gasteiger partial charge is 0.543 e. The van der Waals surface area contributed by atoms with Gasteiger partial charge in [0.25, 0.3) is 0 Å². The molecule has 0 aromatic heterocycles. The number of nitrogens with one attached hydrogen (secondary N) is 1. The number of hydrogen-bond donors (Lipinski definition) is 1. The molecule has 43 heavy (non-hydrogen) atoms. The lowest BCUT2D eigenvalue weighted by atomic mass is 9.65. The smallest absolute Gasteiger partial charge is 0.410 e. The first-order chi connectivity index (χ1) is 19.8. The minimum Gasteiger partial charge on any atom is -0.543 e. The van der Waals surface area contributed by atoms with Crippen LogP contribution in [0, 0.1) is 11.8 Å². The summed E-state index contributed by atoms with van der Waals surface area (Å²) >= 11 is 0. The van der Waals surface area contributed by atoms with Crippen LogP contribution in [0.4, 0.5) is 4.79 Å². The normalized spacial score (nSPS) is 24.6. The molecule has 0 spiro atoms. The molecular formula is C34H56N2O6Si. The van der Waals surface area contributed by atoms with Crippen LogP contribution in [0.2, 0.25) is 18.1 Å². The number of esters is 1. The van der Waals surface area contributed by atoms with Gasteiger partial charge in [-0.3, -0.25) is 9.69 Å². The van der Waals surface area contributed by atoms with Gasteiger partial charge in [-0.1, -0.05) is 66.0 Å². The molecule has 4 atom stereocenters. The lowest BCUT2D eigenvalue weighted by Crippen LogP contribution is -2.62. The molecule has 2 aliphatic rings. The minimum atomic E-state index is -2.07. The highest BCUT2D eigenvalue weighted by Crippen LogP contribution is 2.44. The van der Waals surface area contributed by atoms with Crippen molar-refractivity contribution in [1.29, 1.82) is 0 Å². The van der Waals surface area contributed by atoms with Crippen LogP contribution in [0.3, 0.4) is 0 Å². The highest BCUT2D eigenvalue weighted by atomic mass is 28.4. The Balaban J connectivity index is 1.98. The van der Waals surface area contributed by atoms with Gasteiger partial charge in [-0.05, 0) is 93.1 Å². The Bertz CT molecular complexity index is 1150. The van der Waals surface area contributed by atoms with Crippen molar-refractivity contribution in [2.24, 2.45) is 11.8 Å². The number of ether oxygens (including phenoxy) is 2. The Morgan fingerprint density at radius 2 is 1.67 bits per heavy atom. The first-order valence-electron chi connectivity index (χ1n) is 16.0. The topological polar surface area (TPSA) is 94.2 Å². The first kappa shape index (κ1) is 34.9. The van der Waals surface area contributed by atoms with Gasteiger partial charge in [0.2, 0.25) is 14.2 Å². The molecule has 1 aromatic carbocycles. The van der Waals surface area contributed by atoms with Crippen LogP contribution in [0.5, 0.6) is 5.75 Å². The average Bonchev–Trinajstić information content (AvgIpc) is 2.91. The summed E-state index contributed by atoms with van der Waals surface area (Å²) in [6.45, 7) is 21.2. The van der Waals surface area contributed by atoms with Gasteiger partial charge in [0.1, 0.15) is 23.4 Å². The lowest BCUT2D eigenvalue weighted by Gasteiger charge is -2.49. The van der Waals surface area contributed by atoms with Crippen LogP contribution in [-0.2, 0) is 24.5 Å². The number of hydrogen-bond acceptors (Lipinski definition) is 6. The molecule has 1 aliphatic heterocycles. The van der Waals surface area contributed by atoms with Gasteiger partial charge >= 0.3 is 12.1 Å². The maximum absolute atomic E-state index is 14.2. The van der Waals surface area contributed by atoms with E-state index in [2.05, 4.69) is 65.2 Å². The third-order valence-electron chi connectivity index (χ3n) is 10.0. The van der Waals surface area contributed by atoms with E-state index < -0.39 is 43.5 Å². The molecule has 2 fully saturated rings. The number of rotatable bonds is 7. The predicted molar refractivity (Wildman–Crippen MR) is 173 cm³/mol. The van der Waals surface area contributed by atoms with E-state index in [1.54, 1.807) is 4.90 Å². The molecule has 2 amide bonds. The van der Waals surface area contributed by atoms with E-state index >= 15 is 0 Å². The van der Waals surface area contributed by atoms with Crippen LogP contribution in [-0.4, -0.2) is 62.5 Å². The molecule has 3 rings (SSSR count). The molecule has 1 saturated heterocycles. The average molecular weight is 617 g/mol. The van der Waals surface area contributed by atoms with Crippen LogP contribution in [0.15, 0.2) is 24.3 Å². The number of nitrogens with zero attached hydrogens (tertiary/aromatic N) is 1. The van der Waals surface area contributed by atoms with Crippen LogP contribution in [0.25, 0.3) is 0 Å². The summed E-state index contributed by atoms with van der Waals surface area (Å²) in [4.78, 5) is 42.1. The number of carbonyl (C=O) groups excluding carboxylic acids is 3. The van der Waals surface area contributed by atoms with Crippen molar-refractivity contribution in [3.63, 3.8) is 0 Å². The van der Waals surface area contributed by atoms with E-state index in [1.165, 1.54) is 7.11 Å². The molecule has 9 heteroatoms. The number of carbonyl (C=O) groups is 3. The number of methoxy groups -OCH3 is 1.